The van der Waals surface area contributed by atoms with Crippen molar-refractivity contribution in [2.45, 2.75) is 0 Å². The minimum absolute atomic E-state index is 0.0542. The number of rotatable bonds is 5. The van der Waals surface area contributed by atoms with E-state index in [0.29, 0.717) is 17.1 Å². The van der Waals surface area contributed by atoms with Gasteiger partial charge in [0, 0.05) is 6.07 Å². The summed E-state index contributed by atoms with van der Waals surface area (Å²) in [5.74, 6) is 0.304. The summed E-state index contributed by atoms with van der Waals surface area (Å²) in [6.07, 6.45) is 2.67. The number of amides is 1. The summed E-state index contributed by atoms with van der Waals surface area (Å²) < 4.78 is 10.4. The Morgan fingerprint density at radius 2 is 2.00 bits per heavy atom. The molecule has 2 aromatic heterocycles. The predicted octanol–water partition coefficient (Wildman–Crippen LogP) is 3.21. The number of hydrogen-bond acceptors (Lipinski definition) is 6. The fourth-order valence-electron chi connectivity index (χ4n) is 2.03. The van der Waals surface area contributed by atoms with Crippen molar-refractivity contribution in [3.05, 3.63) is 76.4 Å². The molecule has 0 fully saturated rings. The smallest absolute Gasteiger partial charge is 0.307 e. The molecule has 3 aromatic rings. The summed E-state index contributed by atoms with van der Waals surface area (Å²) in [7, 11) is 0. The second kappa shape index (κ2) is 6.61. The standard InChI is InChI=1S/C16H11N3O5/c20-16(15-6-3-9-23-15)18-17-10-11-7-8-14(24-11)12-4-1-2-5-13(12)19(21)22/h1-10H,(H,18,20)/b17-10+. The van der Waals surface area contributed by atoms with Gasteiger partial charge in [-0.25, -0.2) is 5.43 Å². The van der Waals surface area contributed by atoms with Crippen molar-refractivity contribution in [1.29, 1.82) is 0 Å². The first kappa shape index (κ1) is 15.2. The molecule has 8 nitrogen and oxygen atoms in total. The monoisotopic (exact) mass is 325 g/mol. The fourth-order valence-corrected chi connectivity index (χ4v) is 2.03. The zero-order chi connectivity index (χ0) is 16.9. The lowest BCUT2D eigenvalue weighted by Gasteiger charge is -1.98. The van der Waals surface area contributed by atoms with Gasteiger partial charge in [-0.05, 0) is 30.3 Å². The summed E-state index contributed by atoms with van der Waals surface area (Å²) in [4.78, 5) is 22.2. The van der Waals surface area contributed by atoms with Crippen LogP contribution in [-0.2, 0) is 0 Å². The molecule has 0 saturated carbocycles. The summed E-state index contributed by atoms with van der Waals surface area (Å²) in [6.45, 7) is 0. The minimum Gasteiger partial charge on any atom is -0.459 e. The first-order chi connectivity index (χ1) is 11.6. The number of carbonyl (C=O) groups excluding carboxylic acids is 1. The molecule has 3 rings (SSSR count). The van der Waals surface area contributed by atoms with Gasteiger partial charge in [0.05, 0.1) is 23.0 Å². The van der Waals surface area contributed by atoms with E-state index in [9.17, 15) is 14.9 Å². The van der Waals surface area contributed by atoms with Crippen molar-refractivity contribution in [1.82, 2.24) is 5.43 Å². The molecule has 1 amide bonds. The van der Waals surface area contributed by atoms with Gasteiger partial charge >= 0.3 is 5.91 Å². The third kappa shape index (κ3) is 3.22. The van der Waals surface area contributed by atoms with Crippen molar-refractivity contribution < 1.29 is 18.6 Å². The number of para-hydroxylation sites is 1. The Morgan fingerprint density at radius 3 is 2.75 bits per heavy atom. The number of hydrazone groups is 1. The number of nitrogens with one attached hydrogen (secondary N) is 1. The molecule has 120 valence electrons. The van der Waals surface area contributed by atoms with Gasteiger partial charge in [-0.15, -0.1) is 0 Å². The Morgan fingerprint density at radius 1 is 1.17 bits per heavy atom. The van der Waals surface area contributed by atoms with Gasteiger partial charge in [0.25, 0.3) is 5.69 Å². The molecule has 24 heavy (non-hydrogen) atoms. The van der Waals surface area contributed by atoms with Gasteiger partial charge in [-0.1, -0.05) is 12.1 Å². The molecule has 0 radical (unpaired) electrons. The second-order valence-electron chi connectivity index (χ2n) is 4.65. The molecule has 1 aromatic carbocycles. The largest absolute Gasteiger partial charge is 0.459 e. The third-order valence-corrected chi connectivity index (χ3v) is 3.10. The van der Waals surface area contributed by atoms with Crippen LogP contribution in [0.15, 0.2) is 68.7 Å². The van der Waals surface area contributed by atoms with Gasteiger partial charge in [-0.2, -0.15) is 5.10 Å². The Bertz CT molecular complexity index is 896. The van der Waals surface area contributed by atoms with Crippen LogP contribution in [0.4, 0.5) is 5.69 Å². The van der Waals surface area contributed by atoms with Crippen LogP contribution in [0, 0.1) is 10.1 Å². The summed E-state index contributed by atoms with van der Waals surface area (Å²) in [6, 6.07) is 12.5. The fraction of sp³-hybridized carbons (Fsp3) is 0. The summed E-state index contributed by atoms with van der Waals surface area (Å²) in [5, 5.41) is 14.8. The summed E-state index contributed by atoms with van der Waals surface area (Å²) in [5.41, 5.74) is 2.59. The van der Waals surface area contributed by atoms with Gasteiger partial charge in [-0.3, -0.25) is 14.9 Å². The molecule has 1 N–H and O–H groups in total. The van der Waals surface area contributed by atoms with Crippen molar-refractivity contribution in [3.63, 3.8) is 0 Å². The van der Waals surface area contributed by atoms with Crippen LogP contribution in [0.25, 0.3) is 11.3 Å². The highest BCUT2D eigenvalue weighted by Crippen LogP contribution is 2.30. The second-order valence-corrected chi connectivity index (χ2v) is 4.65. The molecule has 0 spiro atoms. The number of nitrogens with zero attached hydrogens (tertiary/aromatic N) is 2. The summed E-state index contributed by atoms with van der Waals surface area (Å²) >= 11 is 0. The maximum atomic E-state index is 11.6. The van der Waals surface area contributed by atoms with E-state index < -0.39 is 10.8 Å². The van der Waals surface area contributed by atoms with Gasteiger partial charge < -0.3 is 8.83 Å². The zero-order valence-electron chi connectivity index (χ0n) is 12.2. The lowest BCUT2D eigenvalue weighted by atomic mass is 10.1. The Kier molecular flexibility index (Phi) is 4.19. The molecule has 0 saturated heterocycles. The van der Waals surface area contributed by atoms with Crippen LogP contribution in [0.2, 0.25) is 0 Å². The van der Waals surface area contributed by atoms with Crippen LogP contribution in [-0.4, -0.2) is 17.0 Å². The molecule has 0 bridgehead atoms. The van der Waals surface area contributed by atoms with Crippen molar-refractivity contribution in [2.24, 2.45) is 5.10 Å². The number of nitro benzene ring substituents is 1. The maximum absolute atomic E-state index is 11.6. The first-order valence-corrected chi connectivity index (χ1v) is 6.85. The van der Waals surface area contributed by atoms with Crippen LogP contribution in [0.5, 0.6) is 0 Å². The highest BCUT2D eigenvalue weighted by molar-refractivity contribution is 5.92. The van der Waals surface area contributed by atoms with E-state index in [1.807, 2.05) is 0 Å². The van der Waals surface area contributed by atoms with Crippen molar-refractivity contribution >= 4 is 17.8 Å². The molecule has 2 heterocycles. The van der Waals surface area contributed by atoms with Crippen LogP contribution < -0.4 is 5.43 Å². The molecule has 0 atom stereocenters. The average molecular weight is 325 g/mol. The minimum atomic E-state index is -0.498. The molecule has 8 heteroatoms. The van der Waals surface area contributed by atoms with Crippen molar-refractivity contribution in [3.8, 4) is 11.3 Å². The van der Waals surface area contributed by atoms with Gasteiger partial charge in [0.2, 0.25) is 0 Å². The molecule has 0 unspecified atom stereocenters. The van der Waals surface area contributed by atoms with E-state index in [-0.39, 0.29) is 11.4 Å². The van der Waals surface area contributed by atoms with E-state index >= 15 is 0 Å². The maximum Gasteiger partial charge on any atom is 0.307 e. The number of benzene rings is 1. The third-order valence-electron chi connectivity index (χ3n) is 3.10. The van der Waals surface area contributed by atoms with Crippen LogP contribution in [0.3, 0.4) is 0 Å². The van der Waals surface area contributed by atoms with E-state index in [0.717, 1.165) is 0 Å². The van der Waals surface area contributed by atoms with E-state index in [4.69, 9.17) is 8.83 Å². The average Bonchev–Trinajstić information content (AvgIpc) is 3.26. The SMILES string of the molecule is O=C(N/N=C/c1ccc(-c2ccccc2[N+](=O)[O-])o1)c1ccco1. The lowest BCUT2D eigenvalue weighted by Crippen LogP contribution is -2.16. The molecule has 0 aliphatic rings. The Hall–Kier alpha value is -3.68. The normalized spacial score (nSPS) is 10.8. The molecule has 0 aliphatic carbocycles. The predicted molar refractivity (Wildman–Crippen MR) is 84.6 cm³/mol. The number of hydrogen-bond donors (Lipinski definition) is 1. The van der Waals surface area contributed by atoms with E-state index in [1.54, 1.807) is 36.4 Å². The lowest BCUT2D eigenvalue weighted by molar-refractivity contribution is -0.384. The first-order valence-electron chi connectivity index (χ1n) is 6.85. The van der Waals surface area contributed by atoms with Crippen LogP contribution >= 0.6 is 0 Å². The molecule has 0 aliphatic heterocycles. The number of nitro groups is 1. The molecular formula is C16H11N3O5. The van der Waals surface area contributed by atoms with Gasteiger partial charge in [0.1, 0.15) is 11.5 Å². The number of carbonyl (C=O) groups is 1. The van der Waals surface area contributed by atoms with E-state index in [2.05, 4.69) is 10.5 Å². The van der Waals surface area contributed by atoms with Crippen molar-refractivity contribution in [2.75, 3.05) is 0 Å². The zero-order valence-corrected chi connectivity index (χ0v) is 12.2. The van der Waals surface area contributed by atoms with E-state index in [1.165, 1.54) is 24.6 Å². The van der Waals surface area contributed by atoms with Gasteiger partial charge in [0.15, 0.2) is 5.76 Å². The highest BCUT2D eigenvalue weighted by Gasteiger charge is 2.16. The van der Waals surface area contributed by atoms with Crippen LogP contribution in [0.1, 0.15) is 16.3 Å². The quantitative estimate of drug-likeness (QED) is 0.440. The Balaban J connectivity index is 1.73. The topological polar surface area (TPSA) is 111 Å². The Labute approximate surface area is 135 Å². The molecular weight excluding hydrogens is 314 g/mol. The number of furan rings is 2. The highest BCUT2D eigenvalue weighted by atomic mass is 16.6.